The number of halogens is 3. The summed E-state index contributed by atoms with van der Waals surface area (Å²) in [7, 11) is 1.16. The lowest BCUT2D eigenvalue weighted by molar-refractivity contribution is -0.137. The normalized spacial score (nSPS) is 11.9. The molecule has 2 rings (SSSR count). The summed E-state index contributed by atoms with van der Waals surface area (Å²) in [4.78, 5) is 11.4. The Balaban J connectivity index is 2.41. The molecule has 1 heterocycles. The SMILES string of the molecule is COC(=O)/C(C#N)=C\c1cccn1-c1ccc(C(F)(F)F)cc1. The molecule has 2 aromatic rings. The number of rotatable bonds is 3. The second kappa shape index (κ2) is 6.40. The number of carbonyl (C=O) groups is 1. The van der Waals surface area contributed by atoms with Gasteiger partial charge in [0.15, 0.2) is 0 Å². The number of esters is 1. The third-order valence-electron chi connectivity index (χ3n) is 3.07. The average Bonchev–Trinajstić information content (AvgIpc) is 2.99. The lowest BCUT2D eigenvalue weighted by atomic mass is 10.2. The van der Waals surface area contributed by atoms with Gasteiger partial charge in [0.2, 0.25) is 0 Å². The van der Waals surface area contributed by atoms with E-state index in [4.69, 9.17) is 5.26 Å². The molecule has 0 N–H and O–H groups in total. The highest BCUT2D eigenvalue weighted by Crippen LogP contribution is 2.30. The number of nitriles is 1. The molecular weight excluding hydrogens is 309 g/mol. The summed E-state index contributed by atoms with van der Waals surface area (Å²) in [5.74, 6) is -0.785. The van der Waals surface area contributed by atoms with E-state index >= 15 is 0 Å². The van der Waals surface area contributed by atoms with Crippen LogP contribution >= 0.6 is 0 Å². The molecule has 0 saturated heterocycles. The van der Waals surface area contributed by atoms with Gasteiger partial charge in [-0.3, -0.25) is 0 Å². The van der Waals surface area contributed by atoms with E-state index in [1.807, 2.05) is 0 Å². The largest absolute Gasteiger partial charge is 0.465 e. The van der Waals surface area contributed by atoms with Crippen LogP contribution in [0, 0.1) is 11.3 Å². The smallest absolute Gasteiger partial charge is 0.416 e. The molecule has 0 amide bonds. The Morgan fingerprint density at radius 3 is 2.43 bits per heavy atom. The molecular formula is C16H11F3N2O2. The molecule has 0 bridgehead atoms. The van der Waals surface area contributed by atoms with Crippen LogP contribution in [0.3, 0.4) is 0 Å². The lowest BCUT2D eigenvalue weighted by Gasteiger charge is -2.10. The van der Waals surface area contributed by atoms with Gasteiger partial charge in [-0.1, -0.05) is 0 Å². The fraction of sp³-hybridized carbons (Fsp3) is 0.125. The quantitative estimate of drug-likeness (QED) is 0.493. The first-order valence-electron chi connectivity index (χ1n) is 6.42. The van der Waals surface area contributed by atoms with Crippen molar-refractivity contribution in [3.05, 3.63) is 59.4 Å². The summed E-state index contributed by atoms with van der Waals surface area (Å²) in [6.45, 7) is 0. The van der Waals surface area contributed by atoms with Gasteiger partial charge in [-0.25, -0.2) is 4.79 Å². The number of methoxy groups -OCH3 is 1. The third kappa shape index (κ3) is 3.61. The summed E-state index contributed by atoms with van der Waals surface area (Å²) in [6.07, 6.45) is -1.49. The predicted octanol–water partition coefficient (Wildman–Crippen LogP) is 3.58. The van der Waals surface area contributed by atoms with Crippen molar-refractivity contribution >= 4 is 12.0 Å². The predicted molar refractivity (Wildman–Crippen MR) is 76.4 cm³/mol. The molecule has 7 heteroatoms. The third-order valence-corrected chi connectivity index (χ3v) is 3.07. The summed E-state index contributed by atoms with van der Waals surface area (Å²) in [5.41, 5.74) is -0.0275. The molecule has 0 aliphatic carbocycles. The zero-order valence-corrected chi connectivity index (χ0v) is 12.0. The maximum atomic E-state index is 12.6. The van der Waals surface area contributed by atoms with Crippen molar-refractivity contribution in [1.29, 1.82) is 5.26 Å². The molecule has 0 fully saturated rings. The maximum absolute atomic E-state index is 12.6. The minimum absolute atomic E-state index is 0.209. The molecule has 0 unspecified atom stereocenters. The summed E-state index contributed by atoms with van der Waals surface area (Å²) in [6, 6.07) is 9.55. The van der Waals surface area contributed by atoms with Gasteiger partial charge in [0.05, 0.1) is 12.7 Å². The van der Waals surface area contributed by atoms with E-state index in [-0.39, 0.29) is 5.57 Å². The number of hydrogen-bond donors (Lipinski definition) is 0. The van der Waals surface area contributed by atoms with Gasteiger partial charge in [0.1, 0.15) is 11.6 Å². The van der Waals surface area contributed by atoms with Gasteiger partial charge in [-0.2, -0.15) is 18.4 Å². The van der Waals surface area contributed by atoms with Crippen molar-refractivity contribution in [2.45, 2.75) is 6.18 Å². The van der Waals surface area contributed by atoms with Crippen LogP contribution in [0.5, 0.6) is 0 Å². The number of aromatic nitrogens is 1. The van der Waals surface area contributed by atoms with Crippen LogP contribution in [-0.2, 0) is 15.7 Å². The fourth-order valence-electron chi connectivity index (χ4n) is 1.95. The van der Waals surface area contributed by atoms with Crippen LogP contribution < -0.4 is 0 Å². The highest BCUT2D eigenvalue weighted by molar-refractivity contribution is 5.97. The highest BCUT2D eigenvalue weighted by Gasteiger charge is 2.30. The molecule has 0 atom stereocenters. The molecule has 0 saturated carbocycles. The maximum Gasteiger partial charge on any atom is 0.416 e. The number of hydrogen-bond acceptors (Lipinski definition) is 3. The summed E-state index contributed by atoms with van der Waals surface area (Å²) >= 11 is 0. The van der Waals surface area contributed by atoms with E-state index in [0.29, 0.717) is 11.4 Å². The molecule has 0 aliphatic heterocycles. The van der Waals surface area contributed by atoms with E-state index < -0.39 is 17.7 Å². The van der Waals surface area contributed by atoms with Gasteiger partial charge >= 0.3 is 12.1 Å². The Morgan fingerprint density at radius 1 is 1.26 bits per heavy atom. The van der Waals surface area contributed by atoms with Crippen molar-refractivity contribution in [3.63, 3.8) is 0 Å². The van der Waals surface area contributed by atoms with Gasteiger partial charge in [-0.15, -0.1) is 0 Å². The second-order valence-electron chi connectivity index (χ2n) is 4.51. The van der Waals surface area contributed by atoms with Crippen molar-refractivity contribution in [2.75, 3.05) is 7.11 Å². The topological polar surface area (TPSA) is 55.0 Å². The molecule has 1 aromatic heterocycles. The highest BCUT2D eigenvalue weighted by atomic mass is 19.4. The van der Waals surface area contributed by atoms with E-state index in [2.05, 4.69) is 4.74 Å². The van der Waals surface area contributed by atoms with Gasteiger partial charge in [-0.05, 0) is 42.5 Å². The Hall–Kier alpha value is -3.01. The molecule has 0 radical (unpaired) electrons. The van der Waals surface area contributed by atoms with Crippen LogP contribution in [0.25, 0.3) is 11.8 Å². The van der Waals surface area contributed by atoms with E-state index in [1.165, 1.54) is 18.2 Å². The van der Waals surface area contributed by atoms with E-state index in [1.54, 1.807) is 29.0 Å². The molecule has 23 heavy (non-hydrogen) atoms. The van der Waals surface area contributed by atoms with Crippen LogP contribution in [0.2, 0.25) is 0 Å². The van der Waals surface area contributed by atoms with E-state index in [9.17, 15) is 18.0 Å². The molecule has 0 spiro atoms. The minimum Gasteiger partial charge on any atom is -0.465 e. The Labute approximate surface area is 130 Å². The van der Waals surface area contributed by atoms with Crippen molar-refractivity contribution in [3.8, 4) is 11.8 Å². The van der Waals surface area contributed by atoms with Gasteiger partial charge in [0, 0.05) is 17.6 Å². The van der Waals surface area contributed by atoms with E-state index in [0.717, 1.165) is 19.2 Å². The molecule has 4 nitrogen and oxygen atoms in total. The second-order valence-corrected chi connectivity index (χ2v) is 4.51. The first kappa shape index (κ1) is 16.4. The standard InChI is InChI=1S/C16H11F3N2O2/c1-23-15(22)11(10-20)9-14-3-2-8-21(14)13-6-4-12(5-7-13)16(17,18)19/h2-9H,1H3/b11-9-. The number of benzene rings is 1. The molecule has 1 aromatic carbocycles. The molecule has 0 aliphatic rings. The minimum atomic E-state index is -4.41. The van der Waals surface area contributed by atoms with Crippen LogP contribution in [0.1, 0.15) is 11.3 Å². The van der Waals surface area contributed by atoms with Crippen LogP contribution in [-0.4, -0.2) is 17.6 Å². The Bertz CT molecular complexity index is 781. The fourth-order valence-corrected chi connectivity index (χ4v) is 1.95. The Kier molecular flexibility index (Phi) is 4.55. The molecule has 118 valence electrons. The number of alkyl halides is 3. The van der Waals surface area contributed by atoms with Crippen molar-refractivity contribution in [2.24, 2.45) is 0 Å². The van der Waals surface area contributed by atoms with Crippen molar-refractivity contribution < 1.29 is 22.7 Å². The number of carbonyl (C=O) groups excluding carboxylic acids is 1. The summed E-state index contributed by atoms with van der Waals surface area (Å²) in [5, 5.41) is 8.96. The van der Waals surface area contributed by atoms with Crippen LogP contribution in [0.15, 0.2) is 48.2 Å². The Morgan fingerprint density at radius 2 is 1.91 bits per heavy atom. The first-order valence-corrected chi connectivity index (χ1v) is 6.42. The van der Waals surface area contributed by atoms with Gasteiger partial charge in [0.25, 0.3) is 0 Å². The van der Waals surface area contributed by atoms with Crippen molar-refractivity contribution in [1.82, 2.24) is 4.57 Å². The first-order chi connectivity index (χ1) is 10.9. The van der Waals surface area contributed by atoms with Crippen LogP contribution in [0.4, 0.5) is 13.2 Å². The number of ether oxygens (including phenoxy) is 1. The zero-order chi connectivity index (χ0) is 17.0. The van der Waals surface area contributed by atoms with Gasteiger partial charge < -0.3 is 9.30 Å². The lowest BCUT2D eigenvalue weighted by Crippen LogP contribution is -2.06. The number of nitrogens with zero attached hydrogens (tertiary/aromatic N) is 2. The zero-order valence-electron chi connectivity index (χ0n) is 12.0. The summed E-state index contributed by atoms with van der Waals surface area (Å²) < 4.78 is 43.8. The average molecular weight is 320 g/mol. The monoisotopic (exact) mass is 320 g/mol.